The number of hydrogen-bond acceptors (Lipinski definition) is 3. The van der Waals surface area contributed by atoms with Crippen molar-refractivity contribution in [3.05, 3.63) is 35.4 Å². The van der Waals surface area contributed by atoms with Crippen LogP contribution in [0.15, 0.2) is 24.3 Å². The minimum Gasteiger partial charge on any atom is -0.480 e. The molecule has 5 nitrogen and oxygen atoms in total. The van der Waals surface area contributed by atoms with E-state index in [-0.39, 0.29) is 12.3 Å². The van der Waals surface area contributed by atoms with E-state index in [1.54, 1.807) is 38.4 Å². The summed E-state index contributed by atoms with van der Waals surface area (Å²) in [4.78, 5) is 23.8. The van der Waals surface area contributed by atoms with E-state index in [0.717, 1.165) is 5.56 Å². The molecule has 3 N–H and O–H groups in total. The number of benzene rings is 1. The van der Waals surface area contributed by atoms with Crippen molar-refractivity contribution in [1.82, 2.24) is 4.90 Å². The fraction of sp³-hybridized carbons (Fsp3) is 0.333. The minimum atomic E-state index is -1.05. The Bertz CT molecular complexity index is 430. The topological polar surface area (TPSA) is 83.6 Å². The van der Waals surface area contributed by atoms with Crippen molar-refractivity contribution in [2.24, 2.45) is 5.73 Å². The second-order valence-corrected chi connectivity index (χ2v) is 4.05. The lowest BCUT2D eigenvalue weighted by molar-refractivity contribution is -0.138. The lowest BCUT2D eigenvalue weighted by atomic mass is 10.0. The Hall–Kier alpha value is -1.88. The van der Waals surface area contributed by atoms with Crippen LogP contribution in [0.2, 0.25) is 0 Å². The van der Waals surface area contributed by atoms with Gasteiger partial charge in [-0.3, -0.25) is 9.59 Å². The molecule has 92 valence electrons. The van der Waals surface area contributed by atoms with Gasteiger partial charge in [-0.2, -0.15) is 0 Å². The van der Waals surface area contributed by atoms with E-state index in [0.29, 0.717) is 5.56 Å². The number of carboxylic acids is 1. The number of nitrogens with two attached hydrogens (primary N) is 1. The van der Waals surface area contributed by atoms with Crippen LogP contribution in [0.5, 0.6) is 0 Å². The summed E-state index contributed by atoms with van der Waals surface area (Å²) in [7, 11) is 3.33. The molecule has 0 fully saturated rings. The molecular formula is C12H16N2O3. The van der Waals surface area contributed by atoms with Gasteiger partial charge in [-0.15, -0.1) is 0 Å². The van der Waals surface area contributed by atoms with Crippen LogP contribution in [-0.4, -0.2) is 42.0 Å². The van der Waals surface area contributed by atoms with Crippen molar-refractivity contribution in [1.29, 1.82) is 0 Å². The van der Waals surface area contributed by atoms with Crippen molar-refractivity contribution >= 4 is 11.9 Å². The lowest BCUT2D eigenvalue weighted by Crippen LogP contribution is -2.32. The third-order valence-corrected chi connectivity index (χ3v) is 2.35. The van der Waals surface area contributed by atoms with Crippen LogP contribution in [0.25, 0.3) is 0 Å². The van der Waals surface area contributed by atoms with E-state index in [1.807, 2.05) is 0 Å². The smallest absolute Gasteiger partial charge is 0.320 e. The highest BCUT2D eigenvalue weighted by atomic mass is 16.4. The SMILES string of the molecule is CN(C)C(=O)c1cccc(CC(N)C(=O)O)c1. The maximum Gasteiger partial charge on any atom is 0.320 e. The molecule has 0 bridgehead atoms. The van der Waals surface area contributed by atoms with Crippen molar-refractivity contribution in [3.8, 4) is 0 Å². The number of rotatable bonds is 4. The fourth-order valence-corrected chi connectivity index (χ4v) is 1.43. The molecule has 0 saturated heterocycles. The average molecular weight is 236 g/mol. The monoisotopic (exact) mass is 236 g/mol. The second-order valence-electron chi connectivity index (χ2n) is 4.05. The molecule has 1 unspecified atom stereocenters. The van der Waals surface area contributed by atoms with Crippen molar-refractivity contribution in [3.63, 3.8) is 0 Å². The van der Waals surface area contributed by atoms with E-state index in [1.165, 1.54) is 4.90 Å². The normalized spacial score (nSPS) is 11.9. The molecule has 1 rings (SSSR count). The first-order valence-corrected chi connectivity index (χ1v) is 5.21. The maximum atomic E-state index is 11.7. The van der Waals surface area contributed by atoms with Crippen LogP contribution in [0, 0.1) is 0 Å². The van der Waals surface area contributed by atoms with Gasteiger partial charge in [0, 0.05) is 19.7 Å². The van der Waals surface area contributed by atoms with Gasteiger partial charge in [0.05, 0.1) is 0 Å². The van der Waals surface area contributed by atoms with Crippen LogP contribution in [0.3, 0.4) is 0 Å². The molecule has 0 spiro atoms. The van der Waals surface area contributed by atoms with E-state index in [2.05, 4.69) is 0 Å². The first-order valence-electron chi connectivity index (χ1n) is 5.21. The number of nitrogens with zero attached hydrogens (tertiary/aromatic N) is 1. The largest absolute Gasteiger partial charge is 0.480 e. The highest BCUT2D eigenvalue weighted by Crippen LogP contribution is 2.09. The lowest BCUT2D eigenvalue weighted by Gasteiger charge is -2.12. The van der Waals surface area contributed by atoms with Gasteiger partial charge in [0.15, 0.2) is 0 Å². The summed E-state index contributed by atoms with van der Waals surface area (Å²) in [6.07, 6.45) is 0.212. The number of carboxylic acid groups (broad SMARTS) is 1. The highest BCUT2D eigenvalue weighted by molar-refractivity contribution is 5.94. The zero-order valence-corrected chi connectivity index (χ0v) is 9.88. The quantitative estimate of drug-likeness (QED) is 0.789. The van der Waals surface area contributed by atoms with Crippen LogP contribution in [0.4, 0.5) is 0 Å². The van der Waals surface area contributed by atoms with Gasteiger partial charge in [-0.25, -0.2) is 0 Å². The molecule has 0 aliphatic heterocycles. The van der Waals surface area contributed by atoms with E-state index in [4.69, 9.17) is 10.8 Å². The van der Waals surface area contributed by atoms with Crippen molar-refractivity contribution in [2.75, 3.05) is 14.1 Å². The van der Waals surface area contributed by atoms with E-state index < -0.39 is 12.0 Å². The van der Waals surface area contributed by atoms with Crippen LogP contribution < -0.4 is 5.73 Å². The summed E-state index contributed by atoms with van der Waals surface area (Å²) in [5.74, 6) is -1.16. The molecule has 5 heteroatoms. The van der Waals surface area contributed by atoms with Gasteiger partial charge in [0.25, 0.3) is 5.91 Å². The minimum absolute atomic E-state index is 0.115. The molecule has 0 aliphatic rings. The molecule has 0 saturated carbocycles. The Balaban J connectivity index is 2.86. The molecule has 17 heavy (non-hydrogen) atoms. The molecule has 0 heterocycles. The van der Waals surface area contributed by atoms with Crippen molar-refractivity contribution < 1.29 is 14.7 Å². The highest BCUT2D eigenvalue weighted by Gasteiger charge is 2.14. The molecule has 0 aromatic heterocycles. The molecular weight excluding hydrogens is 220 g/mol. The zero-order valence-electron chi connectivity index (χ0n) is 9.88. The number of amides is 1. The van der Waals surface area contributed by atoms with Gasteiger partial charge >= 0.3 is 5.97 Å². The van der Waals surface area contributed by atoms with Crippen LogP contribution in [-0.2, 0) is 11.2 Å². The van der Waals surface area contributed by atoms with E-state index in [9.17, 15) is 9.59 Å². The standard InChI is InChI=1S/C12H16N2O3/c1-14(2)11(15)9-5-3-4-8(6-9)7-10(13)12(16)17/h3-6,10H,7,13H2,1-2H3,(H,16,17). The number of hydrogen-bond donors (Lipinski definition) is 2. The summed E-state index contributed by atoms with van der Waals surface area (Å²) in [6, 6.07) is 5.90. The summed E-state index contributed by atoms with van der Waals surface area (Å²) >= 11 is 0. The molecule has 0 radical (unpaired) electrons. The predicted molar refractivity (Wildman–Crippen MR) is 63.8 cm³/mol. The summed E-state index contributed by atoms with van der Waals surface area (Å²) in [5.41, 5.74) is 6.72. The Kier molecular flexibility index (Phi) is 4.23. The molecule has 1 amide bonds. The van der Waals surface area contributed by atoms with Gasteiger partial charge in [-0.05, 0) is 24.1 Å². The number of aliphatic carboxylic acids is 1. The average Bonchev–Trinajstić information content (AvgIpc) is 2.28. The molecule has 1 atom stereocenters. The third-order valence-electron chi connectivity index (χ3n) is 2.35. The number of carbonyl (C=O) groups is 2. The van der Waals surface area contributed by atoms with Gasteiger partial charge < -0.3 is 15.7 Å². The van der Waals surface area contributed by atoms with Crippen LogP contribution >= 0.6 is 0 Å². The van der Waals surface area contributed by atoms with Gasteiger partial charge in [-0.1, -0.05) is 12.1 Å². The Morgan fingerprint density at radius 2 is 2.06 bits per heavy atom. The second kappa shape index (κ2) is 5.45. The summed E-state index contributed by atoms with van der Waals surface area (Å²) in [6.45, 7) is 0. The first-order chi connectivity index (χ1) is 7.91. The Morgan fingerprint density at radius 1 is 1.41 bits per heavy atom. The van der Waals surface area contributed by atoms with E-state index >= 15 is 0 Å². The summed E-state index contributed by atoms with van der Waals surface area (Å²) in [5, 5.41) is 8.71. The number of carbonyl (C=O) groups excluding carboxylic acids is 1. The molecule has 0 aliphatic carbocycles. The maximum absolute atomic E-state index is 11.7. The molecule has 1 aromatic rings. The third kappa shape index (κ3) is 3.57. The van der Waals surface area contributed by atoms with Crippen molar-refractivity contribution in [2.45, 2.75) is 12.5 Å². The van der Waals surface area contributed by atoms with Gasteiger partial charge in [0.1, 0.15) is 6.04 Å². The summed E-state index contributed by atoms with van der Waals surface area (Å²) < 4.78 is 0. The first kappa shape index (κ1) is 13.2. The zero-order chi connectivity index (χ0) is 13.0. The molecule has 1 aromatic carbocycles. The van der Waals surface area contributed by atoms with Crippen LogP contribution in [0.1, 0.15) is 15.9 Å². The Morgan fingerprint density at radius 3 is 2.59 bits per heavy atom. The van der Waals surface area contributed by atoms with Gasteiger partial charge in [0.2, 0.25) is 0 Å². The Labute approximate surface area is 99.8 Å². The predicted octanol–water partition coefficient (Wildman–Crippen LogP) is 0.343. The fourth-order valence-electron chi connectivity index (χ4n) is 1.43.